The lowest BCUT2D eigenvalue weighted by atomic mass is 10.3. The Morgan fingerprint density at radius 1 is 1.37 bits per heavy atom. The molecule has 1 saturated heterocycles. The average molecular weight is 435 g/mol. The third-order valence-corrected chi connectivity index (χ3v) is 6.40. The highest BCUT2D eigenvalue weighted by molar-refractivity contribution is 9.11. The third-order valence-electron chi connectivity index (χ3n) is 2.92. The van der Waals surface area contributed by atoms with Crippen LogP contribution in [0.3, 0.4) is 0 Å². The van der Waals surface area contributed by atoms with Crippen LogP contribution < -0.4 is 5.32 Å². The van der Waals surface area contributed by atoms with Crippen molar-refractivity contribution in [3.8, 4) is 0 Å². The van der Waals surface area contributed by atoms with Crippen LogP contribution in [0.2, 0.25) is 0 Å². The molecule has 4 nitrogen and oxygen atoms in total. The lowest BCUT2D eigenvalue weighted by Gasteiger charge is -2.33. The standard InChI is InChI=1S/C11H14Br2N2O2S.ClH/c1-8-7-14-4-5-15(8)18(16,17)11-3-2-9(12)6-10(11)13;/h2-3,6,8,14H,4-5,7H2,1H3;1H. The number of hydrogen-bond acceptors (Lipinski definition) is 3. The van der Waals surface area contributed by atoms with Crippen molar-refractivity contribution in [1.29, 1.82) is 0 Å². The smallest absolute Gasteiger partial charge is 0.244 e. The Balaban J connectivity index is 0.00000180. The van der Waals surface area contributed by atoms with E-state index in [0.717, 1.165) is 4.47 Å². The van der Waals surface area contributed by atoms with Crippen molar-refractivity contribution in [2.24, 2.45) is 0 Å². The van der Waals surface area contributed by atoms with Crippen LogP contribution in [0, 0.1) is 0 Å². The molecule has 0 aromatic heterocycles. The summed E-state index contributed by atoms with van der Waals surface area (Å²) >= 11 is 6.64. The van der Waals surface area contributed by atoms with E-state index in [0.29, 0.717) is 29.0 Å². The van der Waals surface area contributed by atoms with Crippen molar-refractivity contribution in [3.63, 3.8) is 0 Å². The van der Waals surface area contributed by atoms with Crippen molar-refractivity contribution in [1.82, 2.24) is 9.62 Å². The minimum absolute atomic E-state index is 0. The molecule has 1 heterocycles. The van der Waals surface area contributed by atoms with Gasteiger partial charge in [0, 0.05) is 34.6 Å². The Hall–Kier alpha value is 0.340. The van der Waals surface area contributed by atoms with Gasteiger partial charge in [0.2, 0.25) is 10.0 Å². The van der Waals surface area contributed by atoms with E-state index in [9.17, 15) is 8.42 Å². The van der Waals surface area contributed by atoms with Gasteiger partial charge in [-0.1, -0.05) is 15.9 Å². The van der Waals surface area contributed by atoms with Gasteiger partial charge in [-0.2, -0.15) is 4.31 Å². The van der Waals surface area contributed by atoms with Crippen molar-refractivity contribution >= 4 is 54.3 Å². The monoisotopic (exact) mass is 432 g/mol. The van der Waals surface area contributed by atoms with Gasteiger partial charge in [0.15, 0.2) is 0 Å². The first-order chi connectivity index (χ1) is 8.43. The fourth-order valence-electron chi connectivity index (χ4n) is 1.99. The summed E-state index contributed by atoms with van der Waals surface area (Å²) in [6.07, 6.45) is 0. The molecule has 1 fully saturated rings. The molecule has 0 aliphatic carbocycles. The molecule has 1 aliphatic heterocycles. The van der Waals surface area contributed by atoms with Crippen LogP contribution in [0.5, 0.6) is 0 Å². The fraction of sp³-hybridized carbons (Fsp3) is 0.455. The van der Waals surface area contributed by atoms with E-state index in [1.807, 2.05) is 6.92 Å². The van der Waals surface area contributed by atoms with Gasteiger partial charge in [-0.25, -0.2) is 8.42 Å². The molecule has 0 spiro atoms. The molecule has 1 aromatic carbocycles. The van der Waals surface area contributed by atoms with Gasteiger partial charge in [0.25, 0.3) is 0 Å². The van der Waals surface area contributed by atoms with Crippen molar-refractivity contribution in [2.45, 2.75) is 17.9 Å². The number of nitrogens with one attached hydrogen (secondary N) is 1. The lowest BCUT2D eigenvalue weighted by molar-refractivity contribution is 0.283. The largest absolute Gasteiger partial charge is 0.314 e. The Kier molecular flexibility index (Phi) is 6.28. The van der Waals surface area contributed by atoms with Crippen molar-refractivity contribution in [2.75, 3.05) is 19.6 Å². The predicted molar refractivity (Wildman–Crippen MR) is 85.3 cm³/mol. The molecular weight excluding hydrogens is 419 g/mol. The minimum Gasteiger partial charge on any atom is -0.314 e. The number of sulfonamides is 1. The van der Waals surface area contributed by atoms with Gasteiger partial charge in [-0.15, -0.1) is 12.4 Å². The second-order valence-electron chi connectivity index (χ2n) is 4.24. The van der Waals surface area contributed by atoms with E-state index in [1.54, 1.807) is 22.5 Å². The molecule has 108 valence electrons. The predicted octanol–water partition coefficient (Wildman–Crippen LogP) is 2.62. The van der Waals surface area contributed by atoms with E-state index in [2.05, 4.69) is 37.2 Å². The maximum atomic E-state index is 12.6. The summed E-state index contributed by atoms with van der Waals surface area (Å²) in [4.78, 5) is 0.319. The van der Waals surface area contributed by atoms with Crippen LogP contribution in [-0.4, -0.2) is 38.4 Å². The Bertz CT molecular complexity index is 554. The zero-order chi connectivity index (χ0) is 13.3. The molecule has 0 saturated carbocycles. The van der Waals surface area contributed by atoms with Crippen molar-refractivity contribution < 1.29 is 8.42 Å². The van der Waals surface area contributed by atoms with E-state index in [-0.39, 0.29) is 18.4 Å². The summed E-state index contributed by atoms with van der Waals surface area (Å²) in [6.45, 7) is 3.80. The zero-order valence-corrected chi connectivity index (χ0v) is 15.1. The molecule has 1 aliphatic rings. The number of rotatable bonds is 2. The van der Waals surface area contributed by atoms with Crippen molar-refractivity contribution in [3.05, 3.63) is 27.1 Å². The molecule has 8 heteroatoms. The van der Waals surface area contributed by atoms with Gasteiger partial charge >= 0.3 is 0 Å². The summed E-state index contributed by atoms with van der Waals surface area (Å²) < 4.78 is 28.2. The maximum absolute atomic E-state index is 12.6. The molecule has 1 unspecified atom stereocenters. The summed E-state index contributed by atoms with van der Waals surface area (Å²) in [5.74, 6) is 0. The Morgan fingerprint density at radius 2 is 2.05 bits per heavy atom. The fourth-order valence-corrected chi connectivity index (χ4v) is 5.33. The second-order valence-corrected chi connectivity index (χ2v) is 7.87. The van der Waals surface area contributed by atoms with Crippen LogP contribution in [0.15, 0.2) is 32.0 Å². The minimum atomic E-state index is -3.43. The van der Waals surface area contributed by atoms with Crippen LogP contribution in [-0.2, 0) is 10.0 Å². The molecule has 0 radical (unpaired) electrons. The SMILES string of the molecule is CC1CNCCN1S(=O)(=O)c1ccc(Br)cc1Br.Cl. The molecule has 1 aromatic rings. The maximum Gasteiger partial charge on any atom is 0.244 e. The lowest BCUT2D eigenvalue weighted by Crippen LogP contribution is -2.52. The molecule has 1 N–H and O–H groups in total. The number of piperazine rings is 1. The van der Waals surface area contributed by atoms with Crippen LogP contribution >= 0.6 is 44.3 Å². The molecule has 0 bridgehead atoms. The first kappa shape index (κ1) is 17.4. The first-order valence-corrected chi connectivity index (χ1v) is 8.63. The summed E-state index contributed by atoms with van der Waals surface area (Å²) in [5.41, 5.74) is 0. The van der Waals surface area contributed by atoms with Gasteiger partial charge in [-0.05, 0) is 41.1 Å². The van der Waals surface area contributed by atoms with Crippen LogP contribution in [0.1, 0.15) is 6.92 Å². The van der Waals surface area contributed by atoms with Gasteiger partial charge < -0.3 is 5.32 Å². The van der Waals surface area contributed by atoms with E-state index >= 15 is 0 Å². The summed E-state index contributed by atoms with van der Waals surface area (Å²) in [7, 11) is -3.43. The number of nitrogens with zero attached hydrogens (tertiary/aromatic N) is 1. The first-order valence-electron chi connectivity index (χ1n) is 5.60. The molecule has 0 amide bonds. The normalized spacial score (nSPS) is 20.9. The van der Waals surface area contributed by atoms with Gasteiger partial charge in [-0.3, -0.25) is 0 Å². The highest BCUT2D eigenvalue weighted by Gasteiger charge is 2.32. The van der Waals surface area contributed by atoms with Gasteiger partial charge in [0.1, 0.15) is 0 Å². The van der Waals surface area contributed by atoms with Gasteiger partial charge in [0.05, 0.1) is 4.90 Å². The van der Waals surface area contributed by atoms with E-state index in [4.69, 9.17) is 0 Å². The summed E-state index contributed by atoms with van der Waals surface area (Å²) in [6, 6.07) is 5.09. The number of benzene rings is 1. The quantitative estimate of drug-likeness (QED) is 0.779. The molecule has 19 heavy (non-hydrogen) atoms. The summed E-state index contributed by atoms with van der Waals surface area (Å²) in [5, 5.41) is 3.19. The van der Waals surface area contributed by atoms with Crippen LogP contribution in [0.25, 0.3) is 0 Å². The molecule has 2 rings (SSSR count). The number of halogens is 3. The number of hydrogen-bond donors (Lipinski definition) is 1. The average Bonchev–Trinajstić information content (AvgIpc) is 2.28. The zero-order valence-electron chi connectivity index (χ0n) is 10.3. The highest BCUT2D eigenvalue weighted by atomic mass is 79.9. The topological polar surface area (TPSA) is 49.4 Å². The molecular formula is C11H15Br2ClN2O2S. The molecule has 1 atom stereocenters. The van der Waals surface area contributed by atoms with E-state index in [1.165, 1.54) is 0 Å². The highest BCUT2D eigenvalue weighted by Crippen LogP contribution is 2.29. The Labute approximate surface area is 136 Å². The third kappa shape index (κ3) is 3.71. The van der Waals surface area contributed by atoms with E-state index < -0.39 is 10.0 Å². The van der Waals surface area contributed by atoms with Crippen LogP contribution in [0.4, 0.5) is 0 Å². The Morgan fingerprint density at radius 3 is 2.63 bits per heavy atom. The second kappa shape index (κ2) is 6.87.